The fourth-order valence-corrected chi connectivity index (χ4v) is 2.21. The summed E-state index contributed by atoms with van der Waals surface area (Å²) in [5.74, 6) is 0.569. The van der Waals surface area contributed by atoms with Gasteiger partial charge in [-0.15, -0.1) is 0 Å². The zero-order valence-electron chi connectivity index (χ0n) is 9.40. The lowest BCUT2D eigenvalue weighted by molar-refractivity contribution is -0.117. The van der Waals surface area contributed by atoms with Gasteiger partial charge in [0.1, 0.15) is 0 Å². The third-order valence-electron chi connectivity index (χ3n) is 3.21. The number of fused-ring (bicyclic) bond motifs is 1. The third kappa shape index (κ3) is 1.62. The van der Waals surface area contributed by atoms with Gasteiger partial charge >= 0.3 is 0 Å². The first-order chi connectivity index (χ1) is 7.11. The van der Waals surface area contributed by atoms with Crippen LogP contribution in [0.5, 0.6) is 0 Å². The fraction of sp³-hybridized carbons (Fsp3) is 0.500. The fourth-order valence-electron chi connectivity index (χ4n) is 2.21. The van der Waals surface area contributed by atoms with Crippen molar-refractivity contribution in [3.8, 4) is 0 Å². The lowest BCUT2D eigenvalue weighted by Gasteiger charge is -2.38. The van der Waals surface area contributed by atoms with E-state index in [-0.39, 0.29) is 11.9 Å². The van der Waals surface area contributed by atoms with Gasteiger partial charge in [0.15, 0.2) is 0 Å². The first-order valence-corrected chi connectivity index (χ1v) is 5.35. The van der Waals surface area contributed by atoms with E-state index in [1.54, 1.807) is 13.1 Å². The SMILES string of the molecule is CC(=O)N1c2cccnc2CC(C)[C@@H]1C. The molecule has 0 aromatic carbocycles. The standard InChI is InChI=1S/C12H16N2O/c1-8-7-11-12(5-4-6-13-11)14(9(8)2)10(3)15/h4-6,8-9H,7H2,1-3H3/t8?,9-/m0/s1. The average Bonchev–Trinajstić information content (AvgIpc) is 2.19. The molecule has 0 spiro atoms. The van der Waals surface area contributed by atoms with Crippen molar-refractivity contribution in [3.05, 3.63) is 24.0 Å². The van der Waals surface area contributed by atoms with Crippen molar-refractivity contribution in [1.82, 2.24) is 4.98 Å². The van der Waals surface area contributed by atoms with Gasteiger partial charge in [-0.25, -0.2) is 0 Å². The summed E-state index contributed by atoms with van der Waals surface area (Å²) in [6, 6.07) is 4.13. The van der Waals surface area contributed by atoms with E-state index in [0.29, 0.717) is 5.92 Å². The Balaban J connectivity index is 2.49. The second-order valence-corrected chi connectivity index (χ2v) is 4.28. The van der Waals surface area contributed by atoms with Crippen molar-refractivity contribution in [3.63, 3.8) is 0 Å². The molecule has 0 saturated carbocycles. The van der Waals surface area contributed by atoms with Crippen LogP contribution in [0.4, 0.5) is 5.69 Å². The molecule has 1 amide bonds. The molecule has 0 saturated heterocycles. The van der Waals surface area contributed by atoms with E-state index in [2.05, 4.69) is 18.8 Å². The van der Waals surface area contributed by atoms with Crippen molar-refractivity contribution in [2.75, 3.05) is 4.90 Å². The molecule has 1 aromatic heterocycles. The number of hydrogen-bond acceptors (Lipinski definition) is 2. The largest absolute Gasteiger partial charge is 0.308 e. The summed E-state index contributed by atoms with van der Waals surface area (Å²) in [5, 5.41) is 0. The molecular formula is C12H16N2O. The van der Waals surface area contributed by atoms with Crippen LogP contribution < -0.4 is 4.90 Å². The molecule has 3 heteroatoms. The molecule has 0 N–H and O–H groups in total. The summed E-state index contributed by atoms with van der Waals surface area (Å²) in [6.45, 7) is 5.88. The Labute approximate surface area is 90.1 Å². The minimum atomic E-state index is 0.100. The molecule has 0 aliphatic carbocycles. The molecule has 1 unspecified atom stereocenters. The van der Waals surface area contributed by atoms with Gasteiger partial charge in [0.25, 0.3) is 0 Å². The van der Waals surface area contributed by atoms with Gasteiger partial charge in [0, 0.05) is 19.2 Å². The number of hydrogen-bond donors (Lipinski definition) is 0. The molecule has 0 bridgehead atoms. The number of carbonyl (C=O) groups is 1. The van der Waals surface area contributed by atoms with Gasteiger partial charge < -0.3 is 4.90 Å². The molecular weight excluding hydrogens is 188 g/mol. The maximum absolute atomic E-state index is 11.6. The summed E-state index contributed by atoms with van der Waals surface area (Å²) < 4.78 is 0. The molecule has 0 fully saturated rings. The summed E-state index contributed by atoms with van der Waals surface area (Å²) >= 11 is 0. The van der Waals surface area contributed by atoms with E-state index in [0.717, 1.165) is 17.8 Å². The average molecular weight is 204 g/mol. The van der Waals surface area contributed by atoms with E-state index in [4.69, 9.17) is 0 Å². The van der Waals surface area contributed by atoms with Gasteiger partial charge in [-0.2, -0.15) is 0 Å². The molecule has 1 aromatic rings. The predicted octanol–water partition coefficient (Wildman–Crippen LogP) is 2.02. The zero-order valence-corrected chi connectivity index (χ0v) is 9.40. The molecule has 1 aliphatic heterocycles. The summed E-state index contributed by atoms with van der Waals surface area (Å²) in [4.78, 5) is 17.8. The summed E-state index contributed by atoms with van der Waals surface area (Å²) in [5.41, 5.74) is 2.02. The molecule has 3 nitrogen and oxygen atoms in total. The van der Waals surface area contributed by atoms with Gasteiger partial charge in [0.05, 0.1) is 11.4 Å². The van der Waals surface area contributed by atoms with Gasteiger partial charge in [-0.1, -0.05) is 6.92 Å². The van der Waals surface area contributed by atoms with Gasteiger partial charge in [0.2, 0.25) is 5.91 Å². The highest BCUT2D eigenvalue weighted by atomic mass is 16.2. The van der Waals surface area contributed by atoms with Crippen LogP contribution in [-0.2, 0) is 11.2 Å². The second kappa shape index (κ2) is 3.65. The number of aromatic nitrogens is 1. The van der Waals surface area contributed by atoms with Crippen LogP contribution in [0.25, 0.3) is 0 Å². The molecule has 2 rings (SSSR count). The predicted molar refractivity (Wildman–Crippen MR) is 59.7 cm³/mol. The van der Waals surface area contributed by atoms with E-state index in [1.807, 2.05) is 17.0 Å². The van der Waals surface area contributed by atoms with Crippen molar-refractivity contribution in [2.24, 2.45) is 5.92 Å². The topological polar surface area (TPSA) is 33.2 Å². The number of pyridine rings is 1. The van der Waals surface area contributed by atoms with E-state index < -0.39 is 0 Å². The number of amides is 1. The van der Waals surface area contributed by atoms with Crippen LogP contribution in [0.15, 0.2) is 18.3 Å². The highest BCUT2D eigenvalue weighted by molar-refractivity contribution is 5.93. The lowest BCUT2D eigenvalue weighted by Crippen LogP contribution is -2.45. The summed E-state index contributed by atoms with van der Waals surface area (Å²) in [6.07, 6.45) is 2.75. The highest BCUT2D eigenvalue weighted by Gasteiger charge is 2.31. The smallest absolute Gasteiger partial charge is 0.224 e. The van der Waals surface area contributed by atoms with Crippen LogP contribution in [0, 0.1) is 5.92 Å². The van der Waals surface area contributed by atoms with E-state index in [9.17, 15) is 4.79 Å². The first kappa shape index (κ1) is 10.1. The van der Waals surface area contributed by atoms with Crippen LogP contribution in [0.1, 0.15) is 26.5 Å². The van der Waals surface area contributed by atoms with Crippen LogP contribution in [0.2, 0.25) is 0 Å². The molecule has 2 heterocycles. The van der Waals surface area contributed by atoms with Crippen molar-refractivity contribution >= 4 is 11.6 Å². The Morgan fingerprint density at radius 1 is 1.53 bits per heavy atom. The minimum Gasteiger partial charge on any atom is -0.308 e. The van der Waals surface area contributed by atoms with Gasteiger partial charge in [-0.3, -0.25) is 9.78 Å². The van der Waals surface area contributed by atoms with E-state index in [1.165, 1.54) is 0 Å². The quantitative estimate of drug-likeness (QED) is 0.647. The first-order valence-electron chi connectivity index (χ1n) is 5.35. The van der Waals surface area contributed by atoms with Gasteiger partial charge in [-0.05, 0) is 31.4 Å². The Morgan fingerprint density at radius 3 is 2.93 bits per heavy atom. The third-order valence-corrected chi connectivity index (χ3v) is 3.21. The zero-order chi connectivity index (χ0) is 11.0. The molecule has 80 valence electrons. The van der Waals surface area contributed by atoms with Crippen molar-refractivity contribution < 1.29 is 4.79 Å². The molecule has 0 radical (unpaired) electrons. The Hall–Kier alpha value is -1.38. The van der Waals surface area contributed by atoms with Crippen molar-refractivity contribution in [1.29, 1.82) is 0 Å². The number of nitrogens with zero attached hydrogens (tertiary/aromatic N) is 2. The van der Waals surface area contributed by atoms with Crippen molar-refractivity contribution in [2.45, 2.75) is 33.2 Å². The Bertz CT molecular complexity index is 389. The van der Waals surface area contributed by atoms with Crippen LogP contribution >= 0.6 is 0 Å². The number of anilines is 1. The number of rotatable bonds is 0. The molecule has 1 aliphatic rings. The monoisotopic (exact) mass is 204 g/mol. The number of carbonyl (C=O) groups excluding carboxylic acids is 1. The molecule has 2 atom stereocenters. The molecule has 15 heavy (non-hydrogen) atoms. The van der Waals surface area contributed by atoms with E-state index >= 15 is 0 Å². The lowest BCUT2D eigenvalue weighted by atomic mass is 9.90. The highest BCUT2D eigenvalue weighted by Crippen LogP contribution is 2.31. The van der Waals surface area contributed by atoms with Crippen LogP contribution in [-0.4, -0.2) is 16.9 Å². The Morgan fingerprint density at radius 2 is 2.27 bits per heavy atom. The maximum atomic E-state index is 11.6. The minimum absolute atomic E-state index is 0.100. The second-order valence-electron chi connectivity index (χ2n) is 4.28. The maximum Gasteiger partial charge on any atom is 0.224 e. The van der Waals surface area contributed by atoms with Crippen LogP contribution in [0.3, 0.4) is 0 Å². The normalized spacial score (nSPS) is 24.9. The Kier molecular flexibility index (Phi) is 2.47. The summed E-state index contributed by atoms with van der Waals surface area (Å²) in [7, 11) is 0.